The molecule has 130 valence electrons. The number of hydrogen-bond acceptors (Lipinski definition) is 4. The van der Waals surface area contributed by atoms with Crippen LogP contribution in [0.2, 0.25) is 0 Å². The Balaban J connectivity index is 2.29. The molecule has 5 heteroatoms. The Morgan fingerprint density at radius 1 is 1.13 bits per heavy atom. The Hall–Kier alpha value is -1.75. The van der Waals surface area contributed by atoms with Gasteiger partial charge in [0, 0.05) is 19.1 Å². The van der Waals surface area contributed by atoms with Gasteiger partial charge < -0.3 is 20.1 Å². The van der Waals surface area contributed by atoms with Crippen LogP contribution in [0.25, 0.3) is 0 Å². The van der Waals surface area contributed by atoms with Crippen molar-refractivity contribution < 1.29 is 14.3 Å². The highest BCUT2D eigenvalue weighted by atomic mass is 16.6. The van der Waals surface area contributed by atoms with E-state index >= 15 is 0 Å². The van der Waals surface area contributed by atoms with Gasteiger partial charge in [0.2, 0.25) is 0 Å². The quantitative estimate of drug-likeness (QED) is 0.807. The van der Waals surface area contributed by atoms with E-state index in [1.807, 2.05) is 65.8 Å². The highest BCUT2D eigenvalue weighted by Crippen LogP contribution is 2.13. The number of amides is 1. The number of ether oxygens (including phenoxy) is 2. The van der Waals surface area contributed by atoms with Crippen LogP contribution in [0.15, 0.2) is 24.3 Å². The van der Waals surface area contributed by atoms with Crippen LogP contribution >= 0.6 is 0 Å². The smallest absolute Gasteiger partial charge is 0.407 e. The first-order valence-corrected chi connectivity index (χ1v) is 8.11. The lowest BCUT2D eigenvalue weighted by molar-refractivity contribution is 0.0508. The highest BCUT2D eigenvalue weighted by molar-refractivity contribution is 5.68. The molecule has 0 aliphatic rings. The Morgan fingerprint density at radius 3 is 2.26 bits per heavy atom. The Kier molecular flexibility index (Phi) is 7.36. The lowest BCUT2D eigenvalue weighted by Crippen LogP contribution is -2.42. The summed E-state index contributed by atoms with van der Waals surface area (Å²) >= 11 is 0. The third-order valence-electron chi connectivity index (χ3n) is 2.84. The van der Waals surface area contributed by atoms with Gasteiger partial charge in [0.25, 0.3) is 0 Å². The lowest BCUT2D eigenvalue weighted by Gasteiger charge is -2.22. The van der Waals surface area contributed by atoms with E-state index in [2.05, 4.69) is 10.6 Å². The van der Waals surface area contributed by atoms with Crippen molar-refractivity contribution in [2.24, 2.45) is 0 Å². The largest absolute Gasteiger partial charge is 0.491 e. The fourth-order valence-corrected chi connectivity index (χ4v) is 1.95. The van der Waals surface area contributed by atoms with E-state index in [1.165, 1.54) is 5.56 Å². The number of rotatable bonds is 7. The minimum Gasteiger partial charge on any atom is -0.491 e. The molecule has 2 N–H and O–H groups in total. The molecule has 0 saturated carbocycles. The molecule has 0 fully saturated rings. The van der Waals surface area contributed by atoms with Gasteiger partial charge in [-0.3, -0.25) is 0 Å². The van der Waals surface area contributed by atoms with Crippen LogP contribution in [0.4, 0.5) is 4.79 Å². The summed E-state index contributed by atoms with van der Waals surface area (Å²) in [5.41, 5.74) is 0.697. The van der Waals surface area contributed by atoms with Crippen molar-refractivity contribution in [3.8, 4) is 5.75 Å². The second-order valence-electron chi connectivity index (χ2n) is 6.99. The van der Waals surface area contributed by atoms with E-state index in [-0.39, 0.29) is 18.2 Å². The van der Waals surface area contributed by atoms with Gasteiger partial charge in [-0.25, -0.2) is 4.79 Å². The zero-order valence-corrected chi connectivity index (χ0v) is 15.1. The van der Waals surface area contributed by atoms with Crippen molar-refractivity contribution in [3.63, 3.8) is 0 Å². The SMILES string of the molecule is CC(CNCc1ccc(OC(C)C)cc1)NC(=O)OC(C)(C)C. The van der Waals surface area contributed by atoms with Gasteiger partial charge >= 0.3 is 6.09 Å². The van der Waals surface area contributed by atoms with Gasteiger partial charge in [-0.05, 0) is 59.2 Å². The summed E-state index contributed by atoms with van der Waals surface area (Å²) in [4.78, 5) is 11.7. The molecule has 0 radical (unpaired) electrons. The van der Waals surface area contributed by atoms with E-state index in [0.717, 1.165) is 12.3 Å². The van der Waals surface area contributed by atoms with Crippen LogP contribution in [0.5, 0.6) is 5.75 Å². The molecule has 1 unspecified atom stereocenters. The van der Waals surface area contributed by atoms with Crippen molar-refractivity contribution in [2.45, 2.75) is 65.8 Å². The van der Waals surface area contributed by atoms with Gasteiger partial charge in [0.05, 0.1) is 6.10 Å². The summed E-state index contributed by atoms with van der Waals surface area (Å²) < 4.78 is 10.8. The van der Waals surface area contributed by atoms with Gasteiger partial charge in [-0.1, -0.05) is 12.1 Å². The molecule has 0 spiro atoms. The highest BCUT2D eigenvalue weighted by Gasteiger charge is 2.17. The molecule has 0 aliphatic carbocycles. The molecule has 5 nitrogen and oxygen atoms in total. The van der Waals surface area contributed by atoms with Gasteiger partial charge in [-0.15, -0.1) is 0 Å². The maximum Gasteiger partial charge on any atom is 0.407 e. The first-order valence-electron chi connectivity index (χ1n) is 8.11. The summed E-state index contributed by atoms with van der Waals surface area (Å²) in [6.07, 6.45) is -0.208. The summed E-state index contributed by atoms with van der Waals surface area (Å²) in [5.74, 6) is 0.878. The predicted molar refractivity (Wildman–Crippen MR) is 92.7 cm³/mol. The normalized spacial score (nSPS) is 12.8. The zero-order chi connectivity index (χ0) is 17.5. The van der Waals surface area contributed by atoms with Crippen LogP contribution in [-0.4, -0.2) is 30.4 Å². The van der Waals surface area contributed by atoms with Crippen LogP contribution in [0.3, 0.4) is 0 Å². The molecular formula is C18H30N2O3. The van der Waals surface area contributed by atoms with E-state index in [4.69, 9.17) is 9.47 Å². The van der Waals surface area contributed by atoms with Crippen molar-refractivity contribution in [3.05, 3.63) is 29.8 Å². The third-order valence-corrected chi connectivity index (χ3v) is 2.84. The van der Waals surface area contributed by atoms with Crippen LogP contribution in [0.1, 0.15) is 47.1 Å². The van der Waals surface area contributed by atoms with Gasteiger partial charge in [-0.2, -0.15) is 0 Å². The van der Waals surface area contributed by atoms with E-state index in [0.29, 0.717) is 6.54 Å². The summed E-state index contributed by atoms with van der Waals surface area (Å²) in [6, 6.07) is 8.01. The zero-order valence-electron chi connectivity index (χ0n) is 15.1. The first-order chi connectivity index (χ1) is 10.7. The third kappa shape index (κ3) is 9.08. The number of nitrogens with one attached hydrogen (secondary N) is 2. The molecule has 0 saturated heterocycles. The number of hydrogen-bond donors (Lipinski definition) is 2. The Labute approximate surface area is 139 Å². The summed E-state index contributed by atoms with van der Waals surface area (Å²) in [6.45, 7) is 12.9. The Morgan fingerprint density at radius 2 is 1.74 bits per heavy atom. The van der Waals surface area contributed by atoms with Gasteiger partial charge in [0.15, 0.2) is 0 Å². The predicted octanol–water partition coefficient (Wildman–Crippen LogP) is 3.48. The molecule has 1 aromatic carbocycles. The number of carbonyl (C=O) groups is 1. The summed E-state index contributed by atoms with van der Waals surface area (Å²) in [7, 11) is 0. The molecule has 1 aromatic rings. The average Bonchev–Trinajstić information content (AvgIpc) is 2.37. The van der Waals surface area contributed by atoms with E-state index in [9.17, 15) is 4.79 Å². The van der Waals surface area contributed by atoms with Crippen molar-refractivity contribution in [2.75, 3.05) is 6.54 Å². The summed E-state index contributed by atoms with van der Waals surface area (Å²) in [5, 5.41) is 6.13. The molecule has 0 heterocycles. The number of carbonyl (C=O) groups excluding carboxylic acids is 1. The fraction of sp³-hybridized carbons (Fsp3) is 0.611. The first kappa shape index (κ1) is 19.3. The van der Waals surface area contributed by atoms with E-state index < -0.39 is 5.60 Å². The molecule has 0 aliphatic heterocycles. The topological polar surface area (TPSA) is 59.6 Å². The Bertz CT molecular complexity index is 478. The molecule has 23 heavy (non-hydrogen) atoms. The van der Waals surface area contributed by atoms with Crippen LogP contribution in [0, 0.1) is 0 Å². The van der Waals surface area contributed by atoms with Crippen LogP contribution < -0.4 is 15.4 Å². The second kappa shape index (κ2) is 8.77. The number of alkyl carbamates (subject to hydrolysis) is 1. The second-order valence-corrected chi connectivity index (χ2v) is 6.99. The maximum absolute atomic E-state index is 11.7. The average molecular weight is 322 g/mol. The monoisotopic (exact) mass is 322 g/mol. The van der Waals surface area contributed by atoms with Gasteiger partial charge in [0.1, 0.15) is 11.4 Å². The standard InChI is InChI=1S/C18H30N2O3/c1-13(2)22-16-9-7-15(8-10-16)12-19-11-14(3)20-17(21)23-18(4,5)6/h7-10,13-14,19H,11-12H2,1-6H3,(H,20,21). The minimum atomic E-state index is -0.475. The van der Waals surface area contributed by atoms with E-state index in [1.54, 1.807) is 0 Å². The molecule has 1 amide bonds. The fourth-order valence-electron chi connectivity index (χ4n) is 1.95. The maximum atomic E-state index is 11.7. The molecule has 0 bridgehead atoms. The van der Waals surface area contributed by atoms with Crippen LogP contribution in [-0.2, 0) is 11.3 Å². The molecular weight excluding hydrogens is 292 g/mol. The van der Waals surface area contributed by atoms with Crippen molar-refractivity contribution >= 4 is 6.09 Å². The minimum absolute atomic E-state index is 0.00611. The lowest BCUT2D eigenvalue weighted by atomic mass is 10.2. The number of benzene rings is 1. The molecule has 1 rings (SSSR count). The molecule has 0 aromatic heterocycles. The molecule has 1 atom stereocenters. The van der Waals surface area contributed by atoms with Crippen molar-refractivity contribution in [1.29, 1.82) is 0 Å². The van der Waals surface area contributed by atoms with Crippen molar-refractivity contribution in [1.82, 2.24) is 10.6 Å².